The van der Waals surface area contributed by atoms with Gasteiger partial charge in [0.05, 0.1) is 6.10 Å². The van der Waals surface area contributed by atoms with Gasteiger partial charge in [-0.2, -0.15) is 0 Å². The van der Waals surface area contributed by atoms with Crippen molar-refractivity contribution in [3.63, 3.8) is 0 Å². The molecule has 0 aromatic heterocycles. The van der Waals surface area contributed by atoms with Gasteiger partial charge < -0.3 is 15.3 Å². The molecule has 1 aromatic carbocycles. The molecule has 0 amide bonds. The fourth-order valence-corrected chi connectivity index (χ4v) is 5.87. The Hall–Kier alpha value is -1.55. The summed E-state index contributed by atoms with van der Waals surface area (Å²) in [6.45, 7) is 4.29. The van der Waals surface area contributed by atoms with Gasteiger partial charge in [-0.05, 0) is 91.4 Å². The number of aliphatic carboxylic acids is 1. The Morgan fingerprint density at radius 3 is 2.67 bits per heavy atom. The van der Waals surface area contributed by atoms with Crippen molar-refractivity contribution < 1.29 is 20.1 Å². The molecule has 2 saturated carbocycles. The van der Waals surface area contributed by atoms with Crippen LogP contribution in [0.2, 0.25) is 0 Å². The van der Waals surface area contributed by atoms with Crippen molar-refractivity contribution in [3.05, 3.63) is 29.3 Å². The Kier molecular flexibility index (Phi) is 6.15. The average Bonchev–Trinajstić information content (AvgIpc) is 2.95. The summed E-state index contributed by atoms with van der Waals surface area (Å²) in [7, 11) is 0. The largest absolute Gasteiger partial charge is 0.508 e. The van der Waals surface area contributed by atoms with Gasteiger partial charge in [0.2, 0.25) is 0 Å². The van der Waals surface area contributed by atoms with Crippen molar-refractivity contribution in [1.29, 1.82) is 0 Å². The second-order valence-corrected chi connectivity index (χ2v) is 8.93. The molecule has 0 bridgehead atoms. The van der Waals surface area contributed by atoms with Crippen LogP contribution in [0.25, 0.3) is 0 Å². The number of benzene rings is 1. The number of phenols is 1. The zero-order chi connectivity index (χ0) is 19.6. The zero-order valence-corrected chi connectivity index (χ0v) is 16.7. The number of aromatic hydroxyl groups is 1. The number of phenolic OH excluding ortho intramolecular Hbond substituents is 1. The number of hydrogen-bond donors (Lipinski definition) is 3. The third-order valence-electron chi connectivity index (χ3n) is 7.40. The third-order valence-corrected chi connectivity index (χ3v) is 7.40. The highest BCUT2D eigenvalue weighted by Gasteiger charge is 2.54. The molecule has 0 saturated heterocycles. The van der Waals surface area contributed by atoms with E-state index in [0.717, 1.165) is 38.0 Å². The number of carboxylic acid groups (broad SMARTS) is 1. The number of aliphatic hydroxyl groups excluding tert-OH is 1. The molecular formula is C23H34O4. The van der Waals surface area contributed by atoms with Crippen molar-refractivity contribution in [2.45, 2.75) is 83.7 Å². The summed E-state index contributed by atoms with van der Waals surface area (Å²) in [5.41, 5.74) is 2.99. The van der Waals surface area contributed by atoms with Gasteiger partial charge in [0, 0.05) is 6.42 Å². The van der Waals surface area contributed by atoms with E-state index in [0.29, 0.717) is 24.0 Å². The summed E-state index contributed by atoms with van der Waals surface area (Å²) in [5, 5.41) is 28.1. The van der Waals surface area contributed by atoms with E-state index < -0.39 is 5.97 Å². The molecule has 4 rings (SSSR count). The highest BCUT2D eigenvalue weighted by molar-refractivity contribution is 5.66. The molecule has 3 aliphatic carbocycles. The second kappa shape index (κ2) is 8.22. The predicted molar refractivity (Wildman–Crippen MR) is 106 cm³/mol. The molecule has 5 atom stereocenters. The number of unbranched alkanes of at least 4 members (excludes halogenated alkanes) is 1. The van der Waals surface area contributed by atoms with Crippen molar-refractivity contribution in [2.75, 3.05) is 0 Å². The standard InChI is InChI=1S/C18H24O2.C5H10O2/c1-18-9-8-14-13-5-3-12(19)10-11(13)2-4-15(14)16(18)6-7-17(18)20;1-2-3-4-5(6)7/h3,5,10,14-17,19-20H,2,4,6-9H2,1H3;2-4H2,1H3,(H,6,7)/t14-,15-,16+,17-,18+;/m1./s1. The first-order valence-corrected chi connectivity index (χ1v) is 10.6. The minimum absolute atomic E-state index is 0.0883. The normalized spacial score (nSPS) is 33.9. The summed E-state index contributed by atoms with van der Waals surface area (Å²) in [4.78, 5) is 9.76. The predicted octanol–water partition coefficient (Wildman–Crippen LogP) is 4.87. The molecule has 2 fully saturated rings. The lowest BCUT2D eigenvalue weighted by atomic mass is 9.55. The first-order chi connectivity index (χ1) is 12.9. The molecule has 0 heterocycles. The van der Waals surface area contributed by atoms with Gasteiger partial charge in [-0.15, -0.1) is 0 Å². The first kappa shape index (κ1) is 20.2. The summed E-state index contributed by atoms with van der Waals surface area (Å²) in [5.74, 6) is 1.80. The number of rotatable bonds is 3. The van der Waals surface area contributed by atoms with Crippen LogP contribution in [0, 0.1) is 17.3 Å². The first-order valence-electron chi connectivity index (χ1n) is 10.6. The fraction of sp³-hybridized carbons (Fsp3) is 0.696. The van der Waals surface area contributed by atoms with Crippen LogP contribution in [0.15, 0.2) is 18.2 Å². The minimum Gasteiger partial charge on any atom is -0.508 e. The molecule has 0 aliphatic heterocycles. The lowest BCUT2D eigenvalue weighted by Gasteiger charge is -2.50. The molecule has 0 radical (unpaired) electrons. The van der Waals surface area contributed by atoms with Crippen molar-refractivity contribution >= 4 is 5.97 Å². The van der Waals surface area contributed by atoms with Crippen molar-refractivity contribution in [2.24, 2.45) is 17.3 Å². The van der Waals surface area contributed by atoms with E-state index in [9.17, 15) is 15.0 Å². The number of aliphatic hydroxyl groups is 1. The van der Waals surface area contributed by atoms with Crippen LogP contribution in [0.5, 0.6) is 5.75 Å². The molecule has 3 N–H and O–H groups in total. The van der Waals surface area contributed by atoms with Gasteiger partial charge in [-0.25, -0.2) is 0 Å². The van der Waals surface area contributed by atoms with Gasteiger partial charge in [0.1, 0.15) is 5.75 Å². The highest BCUT2D eigenvalue weighted by atomic mass is 16.4. The minimum atomic E-state index is -0.693. The van der Waals surface area contributed by atoms with Crippen LogP contribution in [-0.4, -0.2) is 27.4 Å². The van der Waals surface area contributed by atoms with Gasteiger partial charge in [0.15, 0.2) is 0 Å². The van der Waals surface area contributed by atoms with E-state index >= 15 is 0 Å². The van der Waals surface area contributed by atoms with Crippen LogP contribution in [0.4, 0.5) is 0 Å². The van der Waals surface area contributed by atoms with Crippen molar-refractivity contribution in [3.8, 4) is 5.75 Å². The maximum absolute atomic E-state index is 10.4. The molecule has 1 aromatic rings. The van der Waals surface area contributed by atoms with Crippen LogP contribution in [-0.2, 0) is 11.2 Å². The van der Waals surface area contributed by atoms with Crippen LogP contribution in [0.3, 0.4) is 0 Å². The van der Waals surface area contributed by atoms with Crippen LogP contribution >= 0.6 is 0 Å². The summed E-state index contributed by atoms with van der Waals surface area (Å²) >= 11 is 0. The Balaban J connectivity index is 0.000000260. The van der Waals surface area contributed by atoms with E-state index in [1.807, 2.05) is 19.1 Å². The van der Waals surface area contributed by atoms with E-state index in [1.54, 1.807) is 0 Å². The van der Waals surface area contributed by atoms with E-state index in [1.165, 1.54) is 30.4 Å². The van der Waals surface area contributed by atoms with Gasteiger partial charge >= 0.3 is 5.97 Å². The smallest absolute Gasteiger partial charge is 0.303 e. The zero-order valence-electron chi connectivity index (χ0n) is 16.7. The van der Waals surface area contributed by atoms with Crippen molar-refractivity contribution in [1.82, 2.24) is 0 Å². The van der Waals surface area contributed by atoms with E-state index in [2.05, 4.69) is 13.0 Å². The van der Waals surface area contributed by atoms with E-state index in [-0.39, 0.29) is 11.5 Å². The average molecular weight is 375 g/mol. The monoisotopic (exact) mass is 374 g/mol. The molecule has 3 aliphatic rings. The maximum Gasteiger partial charge on any atom is 0.303 e. The molecule has 0 spiro atoms. The quantitative estimate of drug-likeness (QED) is 0.705. The van der Waals surface area contributed by atoms with Crippen LogP contribution < -0.4 is 0 Å². The topological polar surface area (TPSA) is 77.8 Å². The Morgan fingerprint density at radius 2 is 2.00 bits per heavy atom. The lowest BCUT2D eigenvalue weighted by molar-refractivity contribution is -0.137. The number of fused-ring (bicyclic) bond motifs is 5. The Labute approximate surface area is 162 Å². The molecule has 150 valence electrons. The summed E-state index contributed by atoms with van der Waals surface area (Å²) < 4.78 is 0. The Morgan fingerprint density at radius 1 is 1.22 bits per heavy atom. The molecule has 4 nitrogen and oxygen atoms in total. The second-order valence-electron chi connectivity index (χ2n) is 8.93. The maximum atomic E-state index is 10.4. The summed E-state index contributed by atoms with van der Waals surface area (Å²) in [6.07, 6.45) is 8.86. The molecule has 0 unspecified atom stereocenters. The third kappa shape index (κ3) is 4.01. The molecule has 27 heavy (non-hydrogen) atoms. The number of aryl methyl sites for hydroxylation is 1. The lowest BCUT2D eigenvalue weighted by Crippen LogP contribution is -2.43. The summed E-state index contributed by atoms with van der Waals surface area (Å²) in [6, 6.07) is 5.96. The fourth-order valence-electron chi connectivity index (χ4n) is 5.87. The molecule has 4 heteroatoms. The number of carboxylic acids is 1. The number of carbonyl (C=O) groups is 1. The van der Waals surface area contributed by atoms with Crippen LogP contribution in [0.1, 0.15) is 82.3 Å². The molecular weight excluding hydrogens is 340 g/mol. The van der Waals surface area contributed by atoms with Gasteiger partial charge in [-0.3, -0.25) is 4.79 Å². The SMILES string of the molecule is CCCCC(=O)O.C[C@]12CC[C@@H]3c4ccc(O)cc4CC[C@H]3[C@@H]1CC[C@H]2O. The number of hydrogen-bond acceptors (Lipinski definition) is 3. The highest BCUT2D eigenvalue weighted by Crippen LogP contribution is 2.60. The van der Waals surface area contributed by atoms with Gasteiger partial charge in [-0.1, -0.05) is 26.3 Å². The van der Waals surface area contributed by atoms with E-state index in [4.69, 9.17) is 5.11 Å². The Bertz CT molecular complexity index is 670. The van der Waals surface area contributed by atoms with Gasteiger partial charge in [0.25, 0.3) is 0 Å².